The lowest BCUT2D eigenvalue weighted by Crippen LogP contribution is -2.28. The molecule has 3 heterocycles. The van der Waals surface area contributed by atoms with Crippen molar-refractivity contribution in [3.05, 3.63) is 67.2 Å². The minimum atomic E-state index is -0.372. The standard InChI is InChI=1S/C13H12OS3Si/c18-14-13(10-4-1-7-15-10,11-5-2-8-16-11)12-6-3-9-17-12/h1-9H,18H3. The molecule has 92 valence electrons. The van der Waals surface area contributed by atoms with Gasteiger partial charge in [0, 0.05) is 14.6 Å². The largest absolute Gasteiger partial charge is 0.409 e. The Morgan fingerprint density at radius 3 is 1.39 bits per heavy atom. The van der Waals surface area contributed by atoms with Crippen molar-refractivity contribution in [3.8, 4) is 0 Å². The molecule has 3 aromatic rings. The van der Waals surface area contributed by atoms with Gasteiger partial charge in [-0.2, -0.15) is 0 Å². The summed E-state index contributed by atoms with van der Waals surface area (Å²) in [6, 6.07) is 12.8. The zero-order chi connectivity index (χ0) is 12.4. The predicted molar refractivity (Wildman–Crippen MR) is 83.9 cm³/mol. The first kappa shape index (κ1) is 12.3. The molecule has 0 bridgehead atoms. The summed E-state index contributed by atoms with van der Waals surface area (Å²) in [6.45, 7) is 0. The Kier molecular flexibility index (Phi) is 3.49. The highest BCUT2D eigenvalue weighted by atomic mass is 32.1. The van der Waals surface area contributed by atoms with E-state index in [1.54, 1.807) is 34.0 Å². The van der Waals surface area contributed by atoms with Gasteiger partial charge in [0.1, 0.15) is 10.5 Å². The maximum absolute atomic E-state index is 6.14. The van der Waals surface area contributed by atoms with Crippen LogP contribution in [0.1, 0.15) is 14.6 Å². The molecule has 0 N–H and O–H groups in total. The normalized spacial score (nSPS) is 12.0. The second kappa shape index (κ2) is 5.11. The summed E-state index contributed by atoms with van der Waals surface area (Å²) >= 11 is 5.28. The van der Waals surface area contributed by atoms with Gasteiger partial charge in [-0.05, 0) is 34.3 Å². The van der Waals surface area contributed by atoms with Gasteiger partial charge < -0.3 is 4.43 Å². The van der Waals surface area contributed by atoms with E-state index in [-0.39, 0.29) is 5.60 Å². The summed E-state index contributed by atoms with van der Waals surface area (Å²) in [5.41, 5.74) is -0.372. The van der Waals surface area contributed by atoms with E-state index in [1.807, 2.05) is 0 Å². The third-order valence-corrected chi connectivity index (χ3v) is 6.44. The van der Waals surface area contributed by atoms with Crippen LogP contribution in [0.2, 0.25) is 0 Å². The van der Waals surface area contributed by atoms with Gasteiger partial charge in [-0.3, -0.25) is 0 Å². The Morgan fingerprint density at radius 2 is 1.17 bits per heavy atom. The molecule has 1 nitrogen and oxygen atoms in total. The predicted octanol–water partition coefficient (Wildman–Crippen LogP) is 3.46. The molecule has 0 spiro atoms. The summed E-state index contributed by atoms with van der Waals surface area (Å²) < 4.78 is 6.14. The lowest BCUT2D eigenvalue weighted by molar-refractivity contribution is 0.186. The molecule has 0 atom stereocenters. The molecule has 0 radical (unpaired) electrons. The van der Waals surface area contributed by atoms with Gasteiger partial charge in [0.15, 0.2) is 5.60 Å². The SMILES string of the molecule is [SiH3]OC(c1cccs1)(c1cccs1)c1cccs1. The van der Waals surface area contributed by atoms with Crippen LogP contribution < -0.4 is 0 Å². The van der Waals surface area contributed by atoms with Crippen molar-refractivity contribution in [2.75, 3.05) is 0 Å². The molecule has 0 saturated heterocycles. The maximum Gasteiger partial charge on any atom is 0.160 e. The molecule has 0 aliphatic rings. The van der Waals surface area contributed by atoms with E-state index in [0.717, 1.165) is 0 Å². The third kappa shape index (κ3) is 1.83. The van der Waals surface area contributed by atoms with Crippen molar-refractivity contribution < 1.29 is 4.43 Å². The highest BCUT2D eigenvalue weighted by Crippen LogP contribution is 2.45. The fourth-order valence-corrected chi connectivity index (χ4v) is 6.19. The van der Waals surface area contributed by atoms with Crippen molar-refractivity contribution in [2.45, 2.75) is 5.60 Å². The minimum Gasteiger partial charge on any atom is -0.409 e. The Labute approximate surface area is 121 Å². The molecule has 3 rings (SSSR count). The topological polar surface area (TPSA) is 9.23 Å². The first-order chi connectivity index (χ1) is 8.88. The van der Waals surface area contributed by atoms with Crippen molar-refractivity contribution in [3.63, 3.8) is 0 Å². The highest BCUT2D eigenvalue weighted by Gasteiger charge is 2.38. The molecule has 0 aromatic carbocycles. The molecule has 3 aromatic heterocycles. The van der Waals surface area contributed by atoms with Gasteiger partial charge in [-0.15, -0.1) is 34.0 Å². The average molecular weight is 309 g/mol. The Balaban J connectivity index is 2.25. The summed E-state index contributed by atoms with van der Waals surface area (Å²) in [7, 11) is 0.705. The monoisotopic (exact) mass is 308 g/mol. The molecule has 0 aliphatic carbocycles. The van der Waals surface area contributed by atoms with E-state index in [9.17, 15) is 0 Å². The van der Waals surface area contributed by atoms with Gasteiger partial charge in [0.25, 0.3) is 0 Å². The van der Waals surface area contributed by atoms with Crippen molar-refractivity contribution in [2.24, 2.45) is 0 Å². The molecular formula is C13H12OS3Si. The molecule has 0 fully saturated rings. The van der Waals surface area contributed by atoms with E-state index in [1.165, 1.54) is 14.6 Å². The van der Waals surface area contributed by atoms with Crippen molar-refractivity contribution in [1.82, 2.24) is 0 Å². The van der Waals surface area contributed by atoms with Crippen LogP contribution in [0.4, 0.5) is 0 Å². The number of hydrogen-bond acceptors (Lipinski definition) is 4. The van der Waals surface area contributed by atoms with Gasteiger partial charge in [-0.25, -0.2) is 0 Å². The lowest BCUT2D eigenvalue weighted by Gasteiger charge is -2.30. The van der Waals surface area contributed by atoms with Crippen molar-refractivity contribution >= 4 is 44.5 Å². The van der Waals surface area contributed by atoms with Gasteiger partial charge >= 0.3 is 0 Å². The first-order valence-corrected chi connectivity index (χ1v) is 9.00. The average Bonchev–Trinajstić information content (AvgIpc) is 3.16. The van der Waals surface area contributed by atoms with E-state index < -0.39 is 0 Å². The molecule has 0 saturated carbocycles. The first-order valence-electron chi connectivity index (χ1n) is 5.55. The van der Waals surface area contributed by atoms with Crippen LogP contribution in [0.3, 0.4) is 0 Å². The number of rotatable bonds is 4. The van der Waals surface area contributed by atoms with E-state index in [0.29, 0.717) is 10.5 Å². The quantitative estimate of drug-likeness (QED) is 0.671. The van der Waals surface area contributed by atoms with Crippen LogP contribution in [0.15, 0.2) is 52.5 Å². The van der Waals surface area contributed by atoms with E-state index in [2.05, 4.69) is 52.5 Å². The lowest BCUT2D eigenvalue weighted by atomic mass is 9.98. The number of hydrogen-bond donors (Lipinski definition) is 0. The second-order valence-corrected chi connectivity index (χ2v) is 7.07. The fraction of sp³-hybridized carbons (Fsp3) is 0.0769. The van der Waals surface area contributed by atoms with Crippen LogP contribution >= 0.6 is 34.0 Å². The Hall–Kier alpha value is -0.723. The summed E-state index contributed by atoms with van der Waals surface area (Å²) in [5.74, 6) is 0. The molecule has 18 heavy (non-hydrogen) atoms. The van der Waals surface area contributed by atoms with E-state index >= 15 is 0 Å². The Bertz CT molecular complexity index is 500. The summed E-state index contributed by atoms with van der Waals surface area (Å²) in [6.07, 6.45) is 0. The fourth-order valence-electron chi connectivity index (χ4n) is 2.10. The molecule has 0 aliphatic heterocycles. The summed E-state index contributed by atoms with van der Waals surface area (Å²) in [4.78, 5) is 3.80. The van der Waals surface area contributed by atoms with Crippen LogP contribution in [0.5, 0.6) is 0 Å². The van der Waals surface area contributed by atoms with Crippen LogP contribution in [-0.4, -0.2) is 10.5 Å². The van der Waals surface area contributed by atoms with Gasteiger partial charge in [0.05, 0.1) is 0 Å². The third-order valence-electron chi connectivity index (χ3n) is 2.91. The molecule has 5 heteroatoms. The second-order valence-electron chi connectivity index (χ2n) is 3.82. The summed E-state index contributed by atoms with van der Waals surface area (Å²) in [5, 5.41) is 6.35. The minimum absolute atomic E-state index is 0.372. The maximum atomic E-state index is 6.14. The molecule has 0 amide bonds. The zero-order valence-corrected chi connectivity index (χ0v) is 14.3. The van der Waals surface area contributed by atoms with Crippen LogP contribution in [0.25, 0.3) is 0 Å². The molecule has 0 unspecified atom stereocenters. The van der Waals surface area contributed by atoms with Crippen LogP contribution in [-0.2, 0) is 10.0 Å². The highest BCUT2D eigenvalue weighted by molar-refractivity contribution is 7.13. The smallest absolute Gasteiger partial charge is 0.160 e. The van der Waals surface area contributed by atoms with Crippen molar-refractivity contribution in [1.29, 1.82) is 0 Å². The zero-order valence-electron chi connectivity index (χ0n) is 9.83. The van der Waals surface area contributed by atoms with Crippen LogP contribution in [0, 0.1) is 0 Å². The van der Waals surface area contributed by atoms with Gasteiger partial charge in [-0.1, -0.05) is 18.2 Å². The van der Waals surface area contributed by atoms with E-state index in [4.69, 9.17) is 4.43 Å². The number of thiophene rings is 3. The Morgan fingerprint density at radius 1 is 0.778 bits per heavy atom. The van der Waals surface area contributed by atoms with Gasteiger partial charge in [0.2, 0.25) is 0 Å². The molecular weight excluding hydrogens is 296 g/mol.